The van der Waals surface area contributed by atoms with E-state index in [1.165, 1.54) is 22.3 Å². The fraction of sp³-hybridized carbons (Fsp3) is 0.435. The first-order chi connectivity index (χ1) is 12.9. The second kappa shape index (κ2) is 6.38. The summed E-state index contributed by atoms with van der Waals surface area (Å²) in [5.74, 6) is 0. The molecule has 0 amide bonds. The molecule has 0 bridgehead atoms. The van der Waals surface area contributed by atoms with Crippen LogP contribution in [0.5, 0.6) is 0 Å². The Morgan fingerprint density at radius 1 is 1.30 bits per heavy atom. The maximum absolute atomic E-state index is 12.0. The average Bonchev–Trinajstić information content (AvgIpc) is 3.38. The fourth-order valence-electron chi connectivity index (χ4n) is 4.93. The Morgan fingerprint density at radius 2 is 2.00 bits per heavy atom. The van der Waals surface area contributed by atoms with Crippen molar-refractivity contribution in [1.29, 1.82) is 0 Å². The zero-order valence-corrected chi connectivity index (χ0v) is 16.1. The van der Waals surface area contributed by atoms with Gasteiger partial charge in [-0.3, -0.25) is 0 Å². The summed E-state index contributed by atoms with van der Waals surface area (Å²) in [4.78, 5) is 12.0. The van der Waals surface area contributed by atoms with Gasteiger partial charge in [0.15, 0.2) is 11.7 Å². The average molecular weight is 366 g/mol. The van der Waals surface area contributed by atoms with Gasteiger partial charge in [0.05, 0.1) is 6.61 Å². The van der Waals surface area contributed by atoms with E-state index in [4.69, 9.17) is 9.47 Å². The highest BCUT2D eigenvalue weighted by Crippen LogP contribution is 2.68. The maximum Gasteiger partial charge on any atom is 0.509 e. The van der Waals surface area contributed by atoms with Gasteiger partial charge in [-0.2, -0.15) is 0 Å². The van der Waals surface area contributed by atoms with Crippen LogP contribution < -0.4 is 0 Å². The van der Waals surface area contributed by atoms with Crippen LogP contribution in [0.1, 0.15) is 45.6 Å². The van der Waals surface area contributed by atoms with Crippen LogP contribution in [0.4, 0.5) is 4.79 Å². The van der Waals surface area contributed by atoms with Crippen molar-refractivity contribution >= 4 is 12.2 Å². The van der Waals surface area contributed by atoms with Crippen molar-refractivity contribution in [3.63, 3.8) is 0 Å². The summed E-state index contributed by atoms with van der Waals surface area (Å²) in [6.45, 7) is 6.16. The van der Waals surface area contributed by atoms with Crippen molar-refractivity contribution in [3.05, 3.63) is 64.3 Å². The van der Waals surface area contributed by atoms with E-state index in [0.29, 0.717) is 0 Å². The maximum atomic E-state index is 12.0. The molecule has 2 fully saturated rings. The summed E-state index contributed by atoms with van der Waals surface area (Å²) in [6, 6.07) is 10.2. The molecule has 1 saturated carbocycles. The Kier molecular flexibility index (Phi) is 4.26. The number of hydrogen-bond donors (Lipinski definition) is 1. The number of allylic oxidation sites excluding steroid dienone is 1. The molecule has 4 heteroatoms. The van der Waals surface area contributed by atoms with Gasteiger partial charge in [-0.15, -0.1) is 0 Å². The monoisotopic (exact) mass is 366 g/mol. The summed E-state index contributed by atoms with van der Waals surface area (Å²) in [5.41, 5.74) is 4.89. The van der Waals surface area contributed by atoms with Gasteiger partial charge in [-0.05, 0) is 56.7 Å². The van der Waals surface area contributed by atoms with Gasteiger partial charge < -0.3 is 14.6 Å². The Balaban J connectivity index is 1.75. The molecule has 1 spiro atoms. The Morgan fingerprint density at radius 3 is 2.63 bits per heavy atom. The molecule has 1 N–H and O–H groups in total. The predicted molar refractivity (Wildman–Crippen MR) is 104 cm³/mol. The largest absolute Gasteiger partial charge is 0.509 e. The highest BCUT2D eigenvalue weighted by molar-refractivity contribution is 5.68. The molecule has 4 nitrogen and oxygen atoms in total. The lowest BCUT2D eigenvalue weighted by Gasteiger charge is -2.43. The molecular weight excluding hydrogens is 340 g/mol. The SMILES string of the molecule is CC1=C(C/C(C)=C/c2ccccc2)/C(=C/CO)[C@@H]2OC(=O)O[C@]2(C)C12CC2. The minimum absolute atomic E-state index is 0.0926. The van der Waals surface area contributed by atoms with Crippen LogP contribution >= 0.6 is 0 Å². The van der Waals surface area contributed by atoms with Gasteiger partial charge in [0.25, 0.3) is 0 Å². The molecule has 0 unspecified atom stereocenters. The van der Waals surface area contributed by atoms with Crippen LogP contribution in [0, 0.1) is 5.41 Å². The molecule has 2 atom stereocenters. The minimum atomic E-state index is -0.685. The second-order valence-corrected chi connectivity index (χ2v) is 8.06. The standard InChI is InChI=1S/C23H26O4/c1-15(13-17-7-5-4-6-8-17)14-19-16(2)23(10-11-23)22(3)20(18(19)9-12-24)26-21(25)27-22/h4-9,13,20,24H,10-12,14H2,1-3H3/b15-13+,18-9-/t20-,22-/m0/s1. The number of rotatable bonds is 4. The lowest BCUT2D eigenvalue weighted by molar-refractivity contribution is -0.00198. The fourth-order valence-corrected chi connectivity index (χ4v) is 4.93. The lowest BCUT2D eigenvalue weighted by atomic mass is 9.65. The molecule has 2 aliphatic carbocycles. The molecule has 142 valence electrons. The number of aliphatic hydroxyl groups is 1. The molecule has 4 rings (SSSR count). The summed E-state index contributed by atoms with van der Waals surface area (Å²) in [6.07, 6.45) is 5.65. The smallest absolute Gasteiger partial charge is 0.423 e. The summed E-state index contributed by atoms with van der Waals surface area (Å²) >= 11 is 0. The third-order valence-corrected chi connectivity index (χ3v) is 6.49. The van der Waals surface area contributed by atoms with Gasteiger partial charge in [0.2, 0.25) is 0 Å². The number of carbonyl (C=O) groups excluding carboxylic acids is 1. The van der Waals surface area contributed by atoms with Crippen molar-refractivity contribution in [3.8, 4) is 0 Å². The number of fused-ring (bicyclic) bond motifs is 2. The van der Waals surface area contributed by atoms with Crippen LogP contribution in [-0.4, -0.2) is 29.6 Å². The first-order valence-electron chi connectivity index (χ1n) is 9.54. The van der Waals surface area contributed by atoms with E-state index < -0.39 is 17.9 Å². The van der Waals surface area contributed by atoms with Gasteiger partial charge in [-0.1, -0.05) is 53.6 Å². The Hall–Kier alpha value is -2.33. The highest BCUT2D eigenvalue weighted by Gasteiger charge is 2.71. The van der Waals surface area contributed by atoms with Crippen molar-refractivity contribution in [1.82, 2.24) is 0 Å². The lowest BCUT2D eigenvalue weighted by Crippen LogP contribution is -2.50. The normalized spacial score (nSPS) is 30.4. The van der Waals surface area contributed by atoms with Gasteiger partial charge >= 0.3 is 6.16 Å². The molecule has 1 saturated heterocycles. The van der Waals surface area contributed by atoms with Crippen LogP contribution in [-0.2, 0) is 9.47 Å². The molecule has 1 aromatic rings. The third-order valence-electron chi connectivity index (χ3n) is 6.49. The highest BCUT2D eigenvalue weighted by atomic mass is 16.8. The van der Waals surface area contributed by atoms with E-state index in [-0.39, 0.29) is 12.0 Å². The van der Waals surface area contributed by atoms with E-state index >= 15 is 0 Å². The quantitative estimate of drug-likeness (QED) is 0.778. The van der Waals surface area contributed by atoms with Gasteiger partial charge in [-0.25, -0.2) is 4.79 Å². The van der Waals surface area contributed by atoms with Crippen molar-refractivity contribution in [2.75, 3.05) is 6.61 Å². The Labute approximate surface area is 160 Å². The van der Waals surface area contributed by atoms with Crippen LogP contribution in [0.2, 0.25) is 0 Å². The van der Waals surface area contributed by atoms with Crippen LogP contribution in [0.15, 0.2) is 58.7 Å². The molecule has 0 aromatic heterocycles. The summed E-state index contributed by atoms with van der Waals surface area (Å²) < 4.78 is 11.3. The van der Waals surface area contributed by atoms with E-state index in [0.717, 1.165) is 24.8 Å². The zero-order valence-electron chi connectivity index (χ0n) is 16.1. The molecule has 1 aromatic carbocycles. The zero-order chi connectivity index (χ0) is 19.2. The van der Waals surface area contributed by atoms with Crippen molar-refractivity contribution < 1.29 is 19.4 Å². The minimum Gasteiger partial charge on any atom is -0.423 e. The second-order valence-electron chi connectivity index (χ2n) is 8.06. The molecule has 1 heterocycles. The molecule has 1 aliphatic heterocycles. The topological polar surface area (TPSA) is 55.8 Å². The van der Waals surface area contributed by atoms with E-state index in [2.05, 4.69) is 32.1 Å². The number of hydrogen-bond acceptors (Lipinski definition) is 4. The number of ether oxygens (including phenoxy) is 2. The first-order valence-corrected chi connectivity index (χ1v) is 9.54. The molecule has 27 heavy (non-hydrogen) atoms. The van der Waals surface area contributed by atoms with E-state index in [1.54, 1.807) is 6.08 Å². The van der Waals surface area contributed by atoms with Gasteiger partial charge in [0.1, 0.15) is 0 Å². The summed E-state index contributed by atoms with van der Waals surface area (Å²) in [7, 11) is 0. The molecule has 3 aliphatic rings. The van der Waals surface area contributed by atoms with Crippen LogP contribution in [0.25, 0.3) is 6.08 Å². The Bertz CT molecular complexity index is 858. The molecule has 0 radical (unpaired) electrons. The van der Waals surface area contributed by atoms with Crippen LogP contribution in [0.3, 0.4) is 0 Å². The number of aliphatic hydroxyl groups excluding tert-OH is 1. The van der Waals surface area contributed by atoms with E-state index in [1.807, 2.05) is 25.1 Å². The number of benzene rings is 1. The third kappa shape index (κ3) is 2.74. The summed E-state index contributed by atoms with van der Waals surface area (Å²) in [5, 5.41) is 9.61. The number of carbonyl (C=O) groups is 1. The first kappa shape index (κ1) is 18.1. The molecular formula is C23H26O4. The van der Waals surface area contributed by atoms with Crippen molar-refractivity contribution in [2.45, 2.75) is 51.7 Å². The van der Waals surface area contributed by atoms with Gasteiger partial charge in [0, 0.05) is 5.41 Å². The predicted octanol–water partition coefficient (Wildman–Crippen LogP) is 4.80. The van der Waals surface area contributed by atoms with Crippen molar-refractivity contribution in [2.24, 2.45) is 5.41 Å². The van der Waals surface area contributed by atoms with E-state index in [9.17, 15) is 9.90 Å².